The Kier molecular flexibility index (Phi) is 6.67. The van der Waals surface area contributed by atoms with Crippen molar-refractivity contribution in [2.75, 3.05) is 23.3 Å². The van der Waals surface area contributed by atoms with E-state index in [0.717, 1.165) is 36.7 Å². The fraction of sp³-hybridized carbons (Fsp3) is 0.409. The minimum Gasteiger partial charge on any atom is -0.372 e. The Labute approximate surface area is 175 Å². The zero-order chi connectivity index (χ0) is 21.0. The Morgan fingerprint density at radius 3 is 2.17 bits per heavy atom. The molecule has 0 saturated carbocycles. The highest BCUT2D eigenvalue weighted by molar-refractivity contribution is 7.80. The van der Waals surface area contributed by atoms with E-state index in [2.05, 4.69) is 46.7 Å². The number of benzene rings is 2. The molecule has 1 atom stereocenters. The van der Waals surface area contributed by atoms with Gasteiger partial charge in [-0.1, -0.05) is 19.1 Å². The molecule has 7 heteroatoms. The molecule has 1 unspecified atom stereocenters. The predicted octanol–water partition coefficient (Wildman–Crippen LogP) is 5.99. The van der Waals surface area contributed by atoms with Crippen LogP contribution < -0.4 is 15.5 Å². The largest absolute Gasteiger partial charge is 0.416 e. The molecule has 156 valence electrons. The van der Waals surface area contributed by atoms with Crippen molar-refractivity contribution in [3.05, 3.63) is 59.7 Å². The van der Waals surface area contributed by atoms with Gasteiger partial charge in [-0.2, -0.15) is 13.2 Å². The van der Waals surface area contributed by atoms with Gasteiger partial charge < -0.3 is 15.5 Å². The fourth-order valence-electron chi connectivity index (χ4n) is 3.43. The molecule has 0 aromatic heterocycles. The van der Waals surface area contributed by atoms with E-state index in [1.807, 2.05) is 6.92 Å². The van der Waals surface area contributed by atoms with Crippen LogP contribution in [0.15, 0.2) is 48.5 Å². The number of anilines is 2. The van der Waals surface area contributed by atoms with Crippen LogP contribution in [0.3, 0.4) is 0 Å². The summed E-state index contributed by atoms with van der Waals surface area (Å²) in [6, 6.07) is 13.2. The van der Waals surface area contributed by atoms with E-state index in [9.17, 15) is 13.2 Å². The van der Waals surface area contributed by atoms with Gasteiger partial charge in [-0.15, -0.1) is 0 Å². The van der Waals surface area contributed by atoms with E-state index in [4.69, 9.17) is 12.2 Å². The molecule has 1 fully saturated rings. The number of halogens is 3. The lowest BCUT2D eigenvalue weighted by Crippen LogP contribution is -2.33. The summed E-state index contributed by atoms with van der Waals surface area (Å²) in [7, 11) is 0. The summed E-state index contributed by atoms with van der Waals surface area (Å²) in [5, 5.41) is 6.48. The van der Waals surface area contributed by atoms with Gasteiger partial charge in [0.15, 0.2) is 5.11 Å². The molecule has 3 nitrogen and oxygen atoms in total. The summed E-state index contributed by atoms with van der Waals surface area (Å²) >= 11 is 5.31. The van der Waals surface area contributed by atoms with E-state index >= 15 is 0 Å². The Hall–Kier alpha value is -2.28. The smallest absolute Gasteiger partial charge is 0.372 e. The molecule has 0 aliphatic carbocycles. The molecule has 2 aromatic carbocycles. The van der Waals surface area contributed by atoms with Crippen LogP contribution in [-0.2, 0) is 6.18 Å². The highest BCUT2D eigenvalue weighted by Crippen LogP contribution is 2.30. The van der Waals surface area contributed by atoms with E-state index in [1.54, 1.807) is 0 Å². The second-order valence-corrected chi connectivity index (χ2v) is 8.06. The van der Waals surface area contributed by atoms with Crippen LogP contribution in [0.1, 0.15) is 43.9 Å². The Morgan fingerprint density at radius 1 is 1.03 bits per heavy atom. The first-order valence-corrected chi connectivity index (χ1v) is 10.2. The van der Waals surface area contributed by atoms with Gasteiger partial charge in [0.2, 0.25) is 0 Å². The minimum atomic E-state index is -4.34. The van der Waals surface area contributed by atoms with Crippen LogP contribution in [0.4, 0.5) is 24.5 Å². The molecule has 1 aliphatic rings. The highest BCUT2D eigenvalue weighted by Gasteiger charge is 2.30. The molecule has 0 spiro atoms. The molecule has 2 N–H and O–H groups in total. The van der Waals surface area contributed by atoms with E-state index in [0.29, 0.717) is 10.8 Å². The third kappa shape index (κ3) is 5.85. The van der Waals surface area contributed by atoms with Crippen molar-refractivity contribution >= 4 is 28.7 Å². The predicted molar refractivity (Wildman–Crippen MR) is 116 cm³/mol. The molecule has 2 aromatic rings. The summed E-state index contributed by atoms with van der Waals surface area (Å²) in [6.07, 6.45) is -1.89. The maximum absolute atomic E-state index is 12.6. The van der Waals surface area contributed by atoms with Crippen molar-refractivity contribution in [3.8, 4) is 0 Å². The normalized spacial score (nSPS) is 16.4. The number of alkyl halides is 3. The van der Waals surface area contributed by atoms with Crippen LogP contribution >= 0.6 is 12.2 Å². The van der Waals surface area contributed by atoms with Gasteiger partial charge in [-0.05, 0) is 79.9 Å². The van der Waals surface area contributed by atoms with Gasteiger partial charge in [-0.25, -0.2) is 0 Å². The summed E-state index contributed by atoms with van der Waals surface area (Å²) in [4.78, 5) is 2.42. The molecule has 3 rings (SSSR count). The van der Waals surface area contributed by atoms with Gasteiger partial charge in [0.1, 0.15) is 0 Å². The number of thiocarbonyl (C=S) groups is 1. The fourth-order valence-corrected chi connectivity index (χ4v) is 3.72. The van der Waals surface area contributed by atoms with E-state index in [1.165, 1.54) is 30.7 Å². The number of nitrogens with one attached hydrogen (secondary N) is 2. The number of hydrogen-bond acceptors (Lipinski definition) is 2. The zero-order valence-corrected chi connectivity index (χ0v) is 17.4. The lowest BCUT2D eigenvalue weighted by atomic mass is 9.98. The molecule has 1 aliphatic heterocycles. The standard InChI is InChI=1S/C22H26F3N3S/c1-15-11-13-28(14-12-15)20-9-3-17(4-10-20)16(2)26-21(29)27-19-7-5-18(6-8-19)22(23,24)25/h3-10,15-16H,11-14H2,1-2H3,(H2,26,27,29). The average Bonchev–Trinajstić information content (AvgIpc) is 2.68. The second kappa shape index (κ2) is 9.03. The van der Waals surface area contributed by atoms with Gasteiger partial charge in [0.05, 0.1) is 11.6 Å². The van der Waals surface area contributed by atoms with Crippen molar-refractivity contribution in [3.63, 3.8) is 0 Å². The molecular weight excluding hydrogens is 395 g/mol. The summed E-state index contributed by atoms with van der Waals surface area (Å²) in [6.45, 7) is 6.48. The van der Waals surface area contributed by atoms with Crippen LogP contribution in [-0.4, -0.2) is 18.2 Å². The number of rotatable bonds is 4. The summed E-state index contributed by atoms with van der Waals surface area (Å²) < 4.78 is 37.9. The molecular formula is C22H26F3N3S. The SMILES string of the molecule is CC1CCN(c2ccc(C(C)NC(=S)Nc3ccc(C(F)(F)F)cc3)cc2)CC1. The molecule has 1 saturated heterocycles. The maximum Gasteiger partial charge on any atom is 0.416 e. The minimum absolute atomic E-state index is 0.0279. The van der Waals surface area contributed by atoms with Crippen LogP contribution in [0.2, 0.25) is 0 Å². The van der Waals surface area contributed by atoms with E-state index in [-0.39, 0.29) is 6.04 Å². The number of hydrogen-bond donors (Lipinski definition) is 2. The molecule has 0 bridgehead atoms. The third-order valence-corrected chi connectivity index (χ3v) is 5.58. The quantitative estimate of drug-likeness (QED) is 0.593. The molecule has 1 heterocycles. The van der Waals surface area contributed by atoms with Gasteiger partial charge in [-0.3, -0.25) is 0 Å². The Morgan fingerprint density at radius 2 is 1.62 bits per heavy atom. The van der Waals surface area contributed by atoms with E-state index < -0.39 is 11.7 Å². The third-order valence-electron chi connectivity index (χ3n) is 5.36. The zero-order valence-electron chi connectivity index (χ0n) is 16.6. The second-order valence-electron chi connectivity index (χ2n) is 7.66. The number of nitrogens with zero attached hydrogens (tertiary/aromatic N) is 1. The van der Waals surface area contributed by atoms with Crippen LogP contribution in [0.25, 0.3) is 0 Å². The Bertz CT molecular complexity index is 811. The lowest BCUT2D eigenvalue weighted by Gasteiger charge is -2.32. The monoisotopic (exact) mass is 421 g/mol. The van der Waals surface area contributed by atoms with Crippen molar-refractivity contribution < 1.29 is 13.2 Å². The maximum atomic E-state index is 12.6. The molecule has 0 radical (unpaired) electrons. The van der Waals surface area contributed by atoms with Gasteiger partial charge >= 0.3 is 6.18 Å². The summed E-state index contributed by atoms with van der Waals surface area (Å²) in [5.74, 6) is 0.799. The van der Waals surface area contributed by atoms with Crippen molar-refractivity contribution in [1.82, 2.24) is 5.32 Å². The first-order chi connectivity index (χ1) is 13.7. The topological polar surface area (TPSA) is 27.3 Å². The summed E-state index contributed by atoms with van der Waals surface area (Å²) in [5.41, 5.74) is 2.16. The molecule has 29 heavy (non-hydrogen) atoms. The molecule has 0 amide bonds. The number of piperidine rings is 1. The highest BCUT2D eigenvalue weighted by atomic mass is 32.1. The van der Waals surface area contributed by atoms with Gasteiger partial charge in [0, 0.05) is 24.5 Å². The van der Waals surface area contributed by atoms with Gasteiger partial charge in [0.25, 0.3) is 0 Å². The first-order valence-electron chi connectivity index (χ1n) is 9.82. The van der Waals surface area contributed by atoms with Crippen LogP contribution in [0.5, 0.6) is 0 Å². The Balaban J connectivity index is 1.54. The van der Waals surface area contributed by atoms with Crippen molar-refractivity contribution in [2.24, 2.45) is 5.92 Å². The first kappa shape index (κ1) is 21.4. The van der Waals surface area contributed by atoms with Crippen LogP contribution in [0, 0.1) is 5.92 Å². The van der Waals surface area contributed by atoms with Crippen molar-refractivity contribution in [2.45, 2.75) is 38.9 Å². The lowest BCUT2D eigenvalue weighted by molar-refractivity contribution is -0.137. The van der Waals surface area contributed by atoms with Crippen molar-refractivity contribution in [1.29, 1.82) is 0 Å². The average molecular weight is 422 g/mol.